The average molecular weight is 361 g/mol. The van der Waals surface area contributed by atoms with Crippen molar-refractivity contribution in [1.29, 1.82) is 0 Å². The average Bonchev–Trinajstić information content (AvgIpc) is 2.59. The third kappa shape index (κ3) is 6.79. The summed E-state index contributed by atoms with van der Waals surface area (Å²) in [7, 11) is 0. The maximum absolute atomic E-state index is 12.4. The van der Waals surface area contributed by atoms with Crippen LogP contribution < -0.4 is 0 Å². The third-order valence-electron chi connectivity index (χ3n) is 4.33. The Morgan fingerprint density at radius 1 is 1.15 bits per heavy atom. The van der Waals surface area contributed by atoms with Crippen molar-refractivity contribution in [2.24, 2.45) is 0 Å². The van der Waals surface area contributed by atoms with Crippen LogP contribution in [0.3, 0.4) is 0 Å². The Morgan fingerprint density at radius 2 is 1.81 bits per heavy atom. The molecule has 0 spiro atoms. The molecule has 2 atom stereocenters. The smallest absolute Gasteiger partial charge is 0.410 e. The van der Waals surface area contributed by atoms with Crippen LogP contribution in [0.1, 0.15) is 52.5 Å². The molecular weight excluding hydrogens is 330 g/mol. The number of benzene rings is 1. The molecule has 26 heavy (non-hydrogen) atoms. The summed E-state index contributed by atoms with van der Waals surface area (Å²) in [5.74, 6) is 0.166. The van der Waals surface area contributed by atoms with Crippen LogP contribution in [-0.4, -0.2) is 47.7 Å². The predicted octanol–water partition coefficient (Wildman–Crippen LogP) is 3.99. The molecule has 1 amide bonds. The molecule has 0 bridgehead atoms. The topological polar surface area (TPSA) is 55.8 Å². The molecule has 0 aromatic heterocycles. The first kappa shape index (κ1) is 20.4. The molecule has 1 saturated heterocycles. The maximum atomic E-state index is 12.4. The largest absolute Gasteiger partial charge is 0.444 e. The number of morpholine rings is 1. The van der Waals surface area contributed by atoms with E-state index in [0.29, 0.717) is 25.9 Å². The van der Waals surface area contributed by atoms with Gasteiger partial charge in [0.05, 0.1) is 25.3 Å². The van der Waals surface area contributed by atoms with Crippen LogP contribution in [0.4, 0.5) is 4.79 Å². The van der Waals surface area contributed by atoms with Crippen LogP contribution in [-0.2, 0) is 20.7 Å². The second-order valence-electron chi connectivity index (χ2n) is 7.90. The summed E-state index contributed by atoms with van der Waals surface area (Å²) < 4.78 is 11.5. The summed E-state index contributed by atoms with van der Waals surface area (Å²) >= 11 is 0. The Hall–Kier alpha value is -1.88. The van der Waals surface area contributed by atoms with Crippen molar-refractivity contribution in [2.45, 2.75) is 71.2 Å². The summed E-state index contributed by atoms with van der Waals surface area (Å²) in [6, 6.07) is 9.99. The number of aryl methyl sites for hydroxylation is 1. The number of hydrogen-bond donors (Lipinski definition) is 0. The van der Waals surface area contributed by atoms with Crippen molar-refractivity contribution in [3.05, 3.63) is 35.9 Å². The van der Waals surface area contributed by atoms with E-state index in [0.717, 1.165) is 18.4 Å². The van der Waals surface area contributed by atoms with Gasteiger partial charge in [0.2, 0.25) is 0 Å². The molecule has 1 aromatic rings. The Bertz CT molecular complexity index is 594. The summed E-state index contributed by atoms with van der Waals surface area (Å²) in [5.41, 5.74) is 0.630. The number of hydrogen-bond acceptors (Lipinski definition) is 4. The number of amides is 1. The summed E-state index contributed by atoms with van der Waals surface area (Å²) in [6.07, 6.45) is 1.72. The van der Waals surface area contributed by atoms with Gasteiger partial charge in [0, 0.05) is 12.8 Å². The first-order valence-corrected chi connectivity index (χ1v) is 9.46. The first-order valence-electron chi connectivity index (χ1n) is 9.46. The second kappa shape index (κ2) is 9.17. The summed E-state index contributed by atoms with van der Waals surface area (Å²) in [5, 5.41) is 0. The molecule has 2 unspecified atom stereocenters. The number of ether oxygens (including phenoxy) is 2. The SMILES string of the molecule is CCC1CN(C(=O)OC(C)(C)C)CC(CC(=O)CCc2ccccc2)O1. The van der Waals surface area contributed by atoms with E-state index >= 15 is 0 Å². The second-order valence-corrected chi connectivity index (χ2v) is 7.90. The fourth-order valence-corrected chi connectivity index (χ4v) is 3.02. The molecule has 144 valence electrons. The van der Waals surface area contributed by atoms with Crippen molar-refractivity contribution in [3.8, 4) is 0 Å². The molecule has 1 heterocycles. The first-order chi connectivity index (χ1) is 12.3. The Morgan fingerprint density at radius 3 is 2.42 bits per heavy atom. The Balaban J connectivity index is 1.88. The number of carbonyl (C=O) groups excluding carboxylic acids is 2. The minimum atomic E-state index is -0.530. The molecule has 1 aliphatic rings. The van der Waals surface area contributed by atoms with Gasteiger partial charge in [0.1, 0.15) is 11.4 Å². The maximum Gasteiger partial charge on any atom is 0.410 e. The van der Waals surface area contributed by atoms with E-state index in [1.165, 1.54) is 0 Å². The molecule has 0 saturated carbocycles. The minimum absolute atomic E-state index is 0.0526. The van der Waals surface area contributed by atoms with Crippen molar-refractivity contribution in [1.82, 2.24) is 4.90 Å². The molecule has 5 nitrogen and oxygen atoms in total. The van der Waals surface area contributed by atoms with Gasteiger partial charge in [-0.25, -0.2) is 4.79 Å². The van der Waals surface area contributed by atoms with E-state index in [2.05, 4.69) is 0 Å². The molecule has 1 aliphatic heterocycles. The lowest BCUT2D eigenvalue weighted by Gasteiger charge is -2.38. The van der Waals surface area contributed by atoms with Crippen molar-refractivity contribution < 1.29 is 19.1 Å². The lowest BCUT2D eigenvalue weighted by molar-refractivity contribution is -0.128. The normalized spacial score (nSPS) is 20.7. The molecule has 1 aromatic carbocycles. The molecule has 1 fully saturated rings. The van der Waals surface area contributed by atoms with Gasteiger partial charge in [-0.3, -0.25) is 4.79 Å². The zero-order valence-electron chi connectivity index (χ0n) is 16.4. The third-order valence-corrected chi connectivity index (χ3v) is 4.33. The van der Waals surface area contributed by atoms with E-state index in [4.69, 9.17) is 9.47 Å². The van der Waals surface area contributed by atoms with Gasteiger partial charge in [-0.2, -0.15) is 0 Å². The van der Waals surface area contributed by atoms with E-state index in [9.17, 15) is 9.59 Å². The summed E-state index contributed by atoms with van der Waals surface area (Å²) in [6.45, 7) is 8.51. The highest BCUT2D eigenvalue weighted by molar-refractivity contribution is 5.79. The minimum Gasteiger partial charge on any atom is -0.444 e. The molecule has 0 aliphatic carbocycles. The summed E-state index contributed by atoms with van der Waals surface area (Å²) in [4.78, 5) is 26.4. The van der Waals surface area contributed by atoms with Gasteiger partial charge in [-0.1, -0.05) is 37.3 Å². The van der Waals surface area contributed by atoms with Crippen molar-refractivity contribution in [3.63, 3.8) is 0 Å². The highest BCUT2D eigenvalue weighted by Crippen LogP contribution is 2.20. The van der Waals surface area contributed by atoms with Gasteiger partial charge in [-0.05, 0) is 39.2 Å². The lowest BCUT2D eigenvalue weighted by atomic mass is 10.0. The lowest BCUT2D eigenvalue weighted by Crippen LogP contribution is -2.51. The van der Waals surface area contributed by atoms with Gasteiger partial charge in [-0.15, -0.1) is 0 Å². The molecule has 0 radical (unpaired) electrons. The fraction of sp³-hybridized carbons (Fsp3) is 0.619. The standard InChI is InChI=1S/C21H31NO4/c1-5-18-14-22(20(24)26-21(2,3)4)15-19(25-18)13-17(23)12-11-16-9-7-6-8-10-16/h6-10,18-19H,5,11-15H2,1-4H3. The number of carbonyl (C=O) groups is 2. The van der Waals surface area contributed by atoms with Gasteiger partial charge >= 0.3 is 6.09 Å². The predicted molar refractivity (Wildman–Crippen MR) is 101 cm³/mol. The number of Topliss-reactive ketones (excluding diaryl/α,β-unsaturated/α-hetero) is 1. The van der Waals surface area contributed by atoms with Gasteiger partial charge < -0.3 is 14.4 Å². The number of rotatable bonds is 6. The Labute approximate surface area is 156 Å². The van der Waals surface area contributed by atoms with Crippen LogP contribution in [0.15, 0.2) is 30.3 Å². The number of nitrogens with zero attached hydrogens (tertiary/aromatic N) is 1. The Kier molecular flexibility index (Phi) is 7.21. The van der Waals surface area contributed by atoms with Crippen LogP contribution in [0, 0.1) is 0 Å². The monoisotopic (exact) mass is 361 g/mol. The number of ketones is 1. The quantitative estimate of drug-likeness (QED) is 0.769. The van der Waals surface area contributed by atoms with E-state index < -0.39 is 5.60 Å². The van der Waals surface area contributed by atoms with Crippen LogP contribution in [0.2, 0.25) is 0 Å². The fourth-order valence-electron chi connectivity index (χ4n) is 3.02. The van der Waals surface area contributed by atoms with E-state index in [1.54, 1.807) is 4.90 Å². The molecule has 5 heteroatoms. The van der Waals surface area contributed by atoms with Crippen LogP contribution in [0.5, 0.6) is 0 Å². The van der Waals surface area contributed by atoms with Crippen LogP contribution in [0.25, 0.3) is 0 Å². The van der Waals surface area contributed by atoms with E-state index in [-0.39, 0.29) is 24.1 Å². The molecule has 2 rings (SSSR count). The molecular formula is C21H31NO4. The van der Waals surface area contributed by atoms with Gasteiger partial charge in [0.15, 0.2) is 0 Å². The highest BCUT2D eigenvalue weighted by atomic mass is 16.6. The zero-order chi connectivity index (χ0) is 19.2. The van der Waals surface area contributed by atoms with Crippen molar-refractivity contribution in [2.75, 3.05) is 13.1 Å². The highest BCUT2D eigenvalue weighted by Gasteiger charge is 2.33. The van der Waals surface area contributed by atoms with Gasteiger partial charge in [0.25, 0.3) is 0 Å². The molecule has 0 N–H and O–H groups in total. The van der Waals surface area contributed by atoms with Crippen LogP contribution >= 0.6 is 0 Å². The zero-order valence-corrected chi connectivity index (χ0v) is 16.4. The van der Waals surface area contributed by atoms with Crippen molar-refractivity contribution >= 4 is 11.9 Å². The van der Waals surface area contributed by atoms with E-state index in [1.807, 2.05) is 58.0 Å².